The maximum atomic E-state index is 12.0. The molecule has 4 heteroatoms. The Kier molecular flexibility index (Phi) is 5.96. The highest BCUT2D eigenvalue weighted by Crippen LogP contribution is 2.66. The molecule has 0 amide bonds. The lowest BCUT2D eigenvalue weighted by molar-refractivity contribution is -0.192. The smallest absolute Gasteiger partial charge is 0.102 e. The van der Waals surface area contributed by atoms with Crippen LogP contribution in [0.25, 0.3) is 0 Å². The molecule has 1 N–H and O–H groups in total. The van der Waals surface area contributed by atoms with Gasteiger partial charge < -0.3 is 5.11 Å². The fraction of sp³-hybridized carbons (Fsp3) is 0.862. The topological polar surface area (TPSA) is 61.8 Å². The van der Waals surface area contributed by atoms with Crippen molar-refractivity contribution in [3.8, 4) is 6.07 Å². The lowest BCUT2D eigenvalue weighted by atomic mass is 9.40. The van der Waals surface area contributed by atoms with Gasteiger partial charge in [0.15, 0.2) is 0 Å². The highest BCUT2D eigenvalue weighted by Gasteiger charge is 2.61. The molecule has 4 fully saturated rings. The molecule has 0 aromatic carbocycles. The van der Waals surface area contributed by atoms with Crippen LogP contribution in [0.2, 0.25) is 0 Å². The molecule has 0 radical (unpaired) electrons. The van der Waals surface area contributed by atoms with E-state index < -0.39 is 5.60 Å². The van der Waals surface area contributed by atoms with Gasteiger partial charge >= 0.3 is 0 Å². The van der Waals surface area contributed by atoms with Gasteiger partial charge in [0.25, 0.3) is 0 Å². The standard InChI is InChI=1S/C29H45N3O/c1-18-6-8-23-22(12-18)7-9-25-24(23)10-11-28(4)26(13-19(2)20(3)27(25)28)29(5,33)17-32-16-21(14-30)15-31-32/h15-16,18-20,22-27,33H,6-13,17H2,1-5H3/t18-,19-,20?,22?,23-,24?,25+,26-,27?,28+,29-/m0/s1. The summed E-state index contributed by atoms with van der Waals surface area (Å²) in [6.07, 6.45) is 14.3. The van der Waals surface area contributed by atoms with E-state index in [1.54, 1.807) is 17.1 Å². The first-order valence-corrected chi connectivity index (χ1v) is 13.8. The largest absolute Gasteiger partial charge is 0.388 e. The van der Waals surface area contributed by atoms with E-state index in [1.165, 1.54) is 44.9 Å². The lowest BCUT2D eigenvalue weighted by Crippen LogP contribution is -2.61. The Morgan fingerprint density at radius 2 is 1.88 bits per heavy atom. The summed E-state index contributed by atoms with van der Waals surface area (Å²) in [5.41, 5.74) is -0.0827. The normalized spacial score (nSPS) is 46.9. The van der Waals surface area contributed by atoms with E-state index in [4.69, 9.17) is 0 Å². The number of nitriles is 1. The summed E-state index contributed by atoms with van der Waals surface area (Å²) in [7, 11) is 0. The summed E-state index contributed by atoms with van der Waals surface area (Å²) < 4.78 is 1.79. The minimum Gasteiger partial charge on any atom is -0.388 e. The molecule has 4 unspecified atom stereocenters. The average molecular weight is 452 g/mol. The predicted molar refractivity (Wildman–Crippen MR) is 131 cm³/mol. The van der Waals surface area contributed by atoms with Gasteiger partial charge in [-0.15, -0.1) is 0 Å². The first kappa shape index (κ1) is 23.4. The van der Waals surface area contributed by atoms with Crippen molar-refractivity contribution in [1.29, 1.82) is 5.26 Å². The lowest BCUT2D eigenvalue weighted by Gasteiger charge is -2.65. The van der Waals surface area contributed by atoms with Crippen molar-refractivity contribution >= 4 is 0 Å². The Morgan fingerprint density at radius 1 is 1.12 bits per heavy atom. The van der Waals surface area contributed by atoms with Crippen LogP contribution in [0.4, 0.5) is 0 Å². The van der Waals surface area contributed by atoms with Crippen LogP contribution in [-0.4, -0.2) is 20.5 Å². The first-order chi connectivity index (χ1) is 15.6. The molecule has 5 rings (SSSR count). The molecule has 33 heavy (non-hydrogen) atoms. The number of rotatable bonds is 3. The van der Waals surface area contributed by atoms with Crippen LogP contribution in [0.5, 0.6) is 0 Å². The van der Waals surface area contributed by atoms with Crippen LogP contribution >= 0.6 is 0 Å². The van der Waals surface area contributed by atoms with Gasteiger partial charge in [0, 0.05) is 6.20 Å². The molecule has 0 saturated heterocycles. The molecular weight excluding hydrogens is 406 g/mol. The molecule has 1 heterocycles. The first-order valence-electron chi connectivity index (χ1n) is 13.8. The van der Waals surface area contributed by atoms with Crippen LogP contribution in [0.1, 0.15) is 91.5 Å². The number of fused-ring (bicyclic) bond motifs is 5. The Hall–Kier alpha value is -1.34. The van der Waals surface area contributed by atoms with Crippen molar-refractivity contribution in [3.05, 3.63) is 18.0 Å². The molecule has 1 aromatic rings. The van der Waals surface area contributed by atoms with E-state index in [9.17, 15) is 10.4 Å². The fourth-order valence-electron chi connectivity index (χ4n) is 9.88. The van der Waals surface area contributed by atoms with E-state index in [0.717, 1.165) is 41.9 Å². The summed E-state index contributed by atoms with van der Waals surface area (Å²) in [5.74, 6) is 6.95. The third kappa shape index (κ3) is 3.87. The molecule has 4 aliphatic rings. The Labute approximate surface area is 201 Å². The molecule has 1 aromatic heterocycles. The number of hydrogen-bond acceptors (Lipinski definition) is 3. The van der Waals surface area contributed by atoms with Crippen molar-refractivity contribution in [2.75, 3.05) is 0 Å². The van der Waals surface area contributed by atoms with Crippen LogP contribution in [-0.2, 0) is 6.54 Å². The van der Waals surface area contributed by atoms with Gasteiger partial charge in [0.1, 0.15) is 6.07 Å². The number of hydrogen-bond donors (Lipinski definition) is 1. The number of aromatic nitrogens is 2. The van der Waals surface area contributed by atoms with Crippen LogP contribution in [0, 0.1) is 70.0 Å². The predicted octanol–water partition coefficient (Wildman–Crippen LogP) is 6.29. The molecular formula is C29H45N3O. The fourth-order valence-corrected chi connectivity index (χ4v) is 9.88. The summed E-state index contributed by atoms with van der Waals surface area (Å²) >= 11 is 0. The average Bonchev–Trinajstić information content (AvgIpc) is 3.22. The zero-order chi connectivity index (χ0) is 23.5. The molecule has 0 bridgehead atoms. The van der Waals surface area contributed by atoms with Crippen molar-refractivity contribution in [2.45, 2.75) is 98.1 Å². The van der Waals surface area contributed by atoms with Gasteiger partial charge in [0.05, 0.1) is 23.9 Å². The Balaban J connectivity index is 1.43. The van der Waals surface area contributed by atoms with Gasteiger partial charge in [-0.2, -0.15) is 10.4 Å². The Morgan fingerprint density at radius 3 is 2.61 bits per heavy atom. The summed E-state index contributed by atoms with van der Waals surface area (Å²) in [6.45, 7) is 12.5. The second kappa shape index (κ2) is 8.40. The highest BCUT2D eigenvalue weighted by molar-refractivity contribution is 5.21. The second-order valence-electron chi connectivity index (χ2n) is 13.3. The number of nitrogens with zero attached hydrogens (tertiary/aromatic N) is 3. The molecule has 4 nitrogen and oxygen atoms in total. The summed E-state index contributed by atoms with van der Waals surface area (Å²) in [5, 5.41) is 25.5. The minimum atomic E-state index is -0.829. The summed E-state index contributed by atoms with van der Waals surface area (Å²) in [4.78, 5) is 0. The van der Waals surface area contributed by atoms with E-state index in [0.29, 0.717) is 23.9 Å². The van der Waals surface area contributed by atoms with Gasteiger partial charge in [-0.1, -0.05) is 34.1 Å². The van der Waals surface area contributed by atoms with Crippen molar-refractivity contribution in [1.82, 2.24) is 9.78 Å². The third-order valence-corrected chi connectivity index (χ3v) is 11.4. The van der Waals surface area contributed by atoms with Crippen molar-refractivity contribution in [2.24, 2.45) is 58.7 Å². The monoisotopic (exact) mass is 451 g/mol. The molecule has 182 valence electrons. The maximum Gasteiger partial charge on any atom is 0.102 e. The van der Waals surface area contributed by atoms with E-state index in [-0.39, 0.29) is 11.3 Å². The molecule has 11 atom stereocenters. The van der Waals surface area contributed by atoms with Gasteiger partial charge in [0.2, 0.25) is 0 Å². The van der Waals surface area contributed by atoms with Crippen LogP contribution in [0.3, 0.4) is 0 Å². The summed E-state index contributed by atoms with van der Waals surface area (Å²) in [6, 6.07) is 2.17. The maximum absolute atomic E-state index is 12.0. The molecule has 0 aliphatic heterocycles. The number of aliphatic hydroxyl groups is 1. The highest BCUT2D eigenvalue weighted by atomic mass is 16.3. The minimum absolute atomic E-state index is 0.177. The van der Waals surface area contributed by atoms with E-state index in [1.807, 2.05) is 6.92 Å². The molecule has 0 spiro atoms. The van der Waals surface area contributed by atoms with Gasteiger partial charge in [-0.05, 0) is 111 Å². The third-order valence-electron chi connectivity index (χ3n) is 11.4. The zero-order valence-corrected chi connectivity index (χ0v) is 21.5. The Bertz CT molecular complexity index is 899. The van der Waals surface area contributed by atoms with Crippen LogP contribution < -0.4 is 0 Å². The molecule has 4 saturated carbocycles. The van der Waals surface area contributed by atoms with E-state index >= 15 is 0 Å². The van der Waals surface area contributed by atoms with Gasteiger partial charge in [-0.25, -0.2) is 0 Å². The van der Waals surface area contributed by atoms with Crippen molar-refractivity contribution < 1.29 is 5.11 Å². The van der Waals surface area contributed by atoms with Gasteiger partial charge in [-0.3, -0.25) is 4.68 Å². The SMILES string of the molecule is CC1C2[C@@H]3CCC4C[C@@H](C)CC[C@@H]4C3CC[C@]2(C)[C@@H]([C@@](C)(O)Cn2cc(C#N)cn2)C[C@@H]1C. The zero-order valence-electron chi connectivity index (χ0n) is 21.5. The van der Waals surface area contributed by atoms with Crippen molar-refractivity contribution in [3.63, 3.8) is 0 Å². The van der Waals surface area contributed by atoms with Crippen LogP contribution in [0.15, 0.2) is 12.4 Å². The quantitative estimate of drug-likeness (QED) is 0.587. The van der Waals surface area contributed by atoms with E-state index in [2.05, 4.69) is 38.9 Å². The second-order valence-corrected chi connectivity index (χ2v) is 13.3. The molecule has 4 aliphatic carbocycles.